The van der Waals surface area contributed by atoms with Gasteiger partial charge in [-0.05, 0) is 19.4 Å². The molecule has 1 aliphatic heterocycles. The fourth-order valence-electron chi connectivity index (χ4n) is 2.69. The van der Waals surface area contributed by atoms with Crippen molar-refractivity contribution in [1.82, 2.24) is 9.80 Å². The second-order valence-corrected chi connectivity index (χ2v) is 5.17. The van der Waals surface area contributed by atoms with Gasteiger partial charge in [-0.15, -0.1) is 0 Å². The summed E-state index contributed by atoms with van der Waals surface area (Å²) in [6.45, 7) is 6.50. The van der Waals surface area contributed by atoms with Crippen LogP contribution in [0.25, 0.3) is 0 Å². The van der Waals surface area contributed by atoms with E-state index in [9.17, 15) is 9.59 Å². The fraction of sp³-hybridized carbons (Fsp3) is 0.500. The number of rotatable bonds is 5. The van der Waals surface area contributed by atoms with E-state index < -0.39 is 0 Å². The molecule has 108 valence electrons. The van der Waals surface area contributed by atoms with Crippen LogP contribution in [0.2, 0.25) is 0 Å². The van der Waals surface area contributed by atoms with Gasteiger partial charge in [-0.25, -0.2) is 0 Å². The van der Waals surface area contributed by atoms with Gasteiger partial charge in [0.05, 0.1) is 5.92 Å². The Morgan fingerprint density at radius 1 is 1.25 bits per heavy atom. The zero-order valence-electron chi connectivity index (χ0n) is 12.2. The third-order valence-corrected chi connectivity index (χ3v) is 3.86. The average Bonchev–Trinajstić information content (AvgIpc) is 2.82. The summed E-state index contributed by atoms with van der Waals surface area (Å²) in [5, 5.41) is 0. The highest BCUT2D eigenvalue weighted by Crippen LogP contribution is 2.22. The van der Waals surface area contributed by atoms with Gasteiger partial charge in [0, 0.05) is 32.6 Å². The lowest BCUT2D eigenvalue weighted by Gasteiger charge is -2.22. The van der Waals surface area contributed by atoms with E-state index >= 15 is 0 Å². The van der Waals surface area contributed by atoms with Crippen LogP contribution in [-0.2, 0) is 16.1 Å². The Kier molecular flexibility index (Phi) is 4.77. The average molecular weight is 274 g/mol. The van der Waals surface area contributed by atoms with Crippen LogP contribution in [0.4, 0.5) is 0 Å². The second kappa shape index (κ2) is 6.55. The van der Waals surface area contributed by atoms with Crippen molar-refractivity contribution in [2.24, 2.45) is 5.92 Å². The normalized spacial score (nSPS) is 18.4. The molecule has 0 aromatic heterocycles. The summed E-state index contributed by atoms with van der Waals surface area (Å²) in [5.74, 6) is 0.0179. The van der Waals surface area contributed by atoms with E-state index in [1.807, 2.05) is 49.1 Å². The SMILES string of the molecule is CCN(CC)C(=O)C1CC(=O)N(Cc2ccccc2)C1. The highest BCUT2D eigenvalue weighted by molar-refractivity contribution is 5.89. The van der Waals surface area contributed by atoms with Crippen LogP contribution in [0.3, 0.4) is 0 Å². The maximum absolute atomic E-state index is 12.3. The van der Waals surface area contributed by atoms with Crippen molar-refractivity contribution in [3.05, 3.63) is 35.9 Å². The van der Waals surface area contributed by atoms with E-state index in [0.717, 1.165) is 5.56 Å². The van der Waals surface area contributed by atoms with Crippen molar-refractivity contribution in [1.29, 1.82) is 0 Å². The predicted molar refractivity (Wildman–Crippen MR) is 77.9 cm³/mol. The minimum absolute atomic E-state index is 0.0827. The van der Waals surface area contributed by atoms with Gasteiger partial charge in [-0.3, -0.25) is 9.59 Å². The molecule has 0 aliphatic carbocycles. The summed E-state index contributed by atoms with van der Waals surface area (Å²) in [6, 6.07) is 9.91. The topological polar surface area (TPSA) is 40.6 Å². The molecular weight excluding hydrogens is 252 g/mol. The zero-order valence-corrected chi connectivity index (χ0v) is 12.2. The van der Waals surface area contributed by atoms with E-state index in [0.29, 0.717) is 32.6 Å². The molecule has 1 saturated heterocycles. The highest BCUT2D eigenvalue weighted by Gasteiger charge is 2.35. The summed E-state index contributed by atoms with van der Waals surface area (Å²) < 4.78 is 0. The van der Waals surface area contributed by atoms with Gasteiger partial charge in [0.25, 0.3) is 0 Å². The Morgan fingerprint density at radius 2 is 1.90 bits per heavy atom. The number of hydrogen-bond acceptors (Lipinski definition) is 2. The molecule has 1 atom stereocenters. The van der Waals surface area contributed by atoms with Gasteiger partial charge in [0.2, 0.25) is 11.8 Å². The van der Waals surface area contributed by atoms with Crippen LogP contribution < -0.4 is 0 Å². The van der Waals surface area contributed by atoms with Crippen LogP contribution in [-0.4, -0.2) is 41.2 Å². The molecule has 1 fully saturated rings. The Labute approximate surface area is 120 Å². The van der Waals surface area contributed by atoms with Gasteiger partial charge in [-0.1, -0.05) is 30.3 Å². The molecule has 0 radical (unpaired) electrons. The lowest BCUT2D eigenvalue weighted by atomic mass is 10.1. The first kappa shape index (κ1) is 14.6. The van der Waals surface area contributed by atoms with Crippen molar-refractivity contribution in [3.8, 4) is 0 Å². The lowest BCUT2D eigenvalue weighted by molar-refractivity contribution is -0.135. The molecule has 0 saturated carbocycles. The molecular formula is C16H22N2O2. The Hall–Kier alpha value is -1.84. The molecule has 1 aromatic rings. The number of nitrogens with zero attached hydrogens (tertiary/aromatic N) is 2. The van der Waals surface area contributed by atoms with Crippen molar-refractivity contribution < 1.29 is 9.59 Å². The molecule has 1 aliphatic rings. The smallest absolute Gasteiger partial charge is 0.227 e. The number of carbonyl (C=O) groups excluding carboxylic acids is 2. The Balaban J connectivity index is 1.98. The second-order valence-electron chi connectivity index (χ2n) is 5.17. The third-order valence-electron chi connectivity index (χ3n) is 3.86. The third kappa shape index (κ3) is 3.18. The molecule has 1 heterocycles. The fourth-order valence-corrected chi connectivity index (χ4v) is 2.69. The van der Waals surface area contributed by atoms with Gasteiger partial charge in [0.1, 0.15) is 0 Å². The lowest BCUT2D eigenvalue weighted by Crippen LogP contribution is -2.37. The molecule has 1 aromatic carbocycles. The minimum Gasteiger partial charge on any atom is -0.343 e. The van der Waals surface area contributed by atoms with Crippen molar-refractivity contribution in [2.45, 2.75) is 26.8 Å². The molecule has 0 N–H and O–H groups in total. The van der Waals surface area contributed by atoms with E-state index in [4.69, 9.17) is 0 Å². The molecule has 4 heteroatoms. The molecule has 20 heavy (non-hydrogen) atoms. The number of carbonyl (C=O) groups is 2. The minimum atomic E-state index is -0.175. The number of benzene rings is 1. The Bertz CT molecular complexity index is 469. The molecule has 0 spiro atoms. The zero-order chi connectivity index (χ0) is 14.5. The standard InChI is InChI=1S/C16H22N2O2/c1-3-17(4-2)16(20)14-10-15(19)18(12-14)11-13-8-6-5-7-9-13/h5-9,14H,3-4,10-12H2,1-2H3. The first-order valence-electron chi connectivity index (χ1n) is 7.26. The van der Waals surface area contributed by atoms with E-state index in [1.54, 1.807) is 4.90 Å². The van der Waals surface area contributed by atoms with Crippen LogP contribution in [0.15, 0.2) is 30.3 Å². The van der Waals surface area contributed by atoms with Gasteiger partial charge >= 0.3 is 0 Å². The van der Waals surface area contributed by atoms with Crippen LogP contribution in [0.5, 0.6) is 0 Å². The van der Waals surface area contributed by atoms with Crippen LogP contribution >= 0.6 is 0 Å². The monoisotopic (exact) mass is 274 g/mol. The first-order valence-corrected chi connectivity index (χ1v) is 7.26. The van der Waals surface area contributed by atoms with E-state index in [-0.39, 0.29) is 17.7 Å². The highest BCUT2D eigenvalue weighted by atomic mass is 16.2. The summed E-state index contributed by atoms with van der Waals surface area (Å²) in [4.78, 5) is 27.9. The predicted octanol–water partition coefficient (Wildman–Crippen LogP) is 1.90. The number of hydrogen-bond donors (Lipinski definition) is 0. The first-order chi connectivity index (χ1) is 9.65. The summed E-state index contributed by atoms with van der Waals surface area (Å²) >= 11 is 0. The molecule has 0 bridgehead atoms. The largest absolute Gasteiger partial charge is 0.343 e. The van der Waals surface area contributed by atoms with Crippen molar-refractivity contribution in [2.75, 3.05) is 19.6 Å². The van der Waals surface area contributed by atoms with Gasteiger partial charge in [-0.2, -0.15) is 0 Å². The Morgan fingerprint density at radius 3 is 2.50 bits per heavy atom. The van der Waals surface area contributed by atoms with Crippen molar-refractivity contribution >= 4 is 11.8 Å². The maximum Gasteiger partial charge on any atom is 0.227 e. The van der Waals surface area contributed by atoms with Crippen LogP contribution in [0.1, 0.15) is 25.8 Å². The quantitative estimate of drug-likeness (QED) is 0.823. The maximum atomic E-state index is 12.3. The molecule has 2 rings (SSSR count). The van der Waals surface area contributed by atoms with Gasteiger partial charge < -0.3 is 9.80 Å². The molecule has 2 amide bonds. The van der Waals surface area contributed by atoms with E-state index in [2.05, 4.69) is 0 Å². The number of likely N-dealkylation sites (tertiary alicyclic amines) is 1. The molecule has 4 nitrogen and oxygen atoms in total. The summed E-state index contributed by atoms with van der Waals surface area (Å²) in [6.07, 6.45) is 0.349. The van der Waals surface area contributed by atoms with E-state index in [1.165, 1.54) is 0 Å². The summed E-state index contributed by atoms with van der Waals surface area (Å²) in [7, 11) is 0. The number of amides is 2. The van der Waals surface area contributed by atoms with Crippen LogP contribution in [0, 0.1) is 5.92 Å². The summed E-state index contributed by atoms with van der Waals surface area (Å²) in [5.41, 5.74) is 1.11. The molecule has 1 unspecified atom stereocenters. The van der Waals surface area contributed by atoms with Crippen molar-refractivity contribution in [3.63, 3.8) is 0 Å². The van der Waals surface area contributed by atoms with Gasteiger partial charge in [0.15, 0.2) is 0 Å².